The summed E-state index contributed by atoms with van der Waals surface area (Å²) in [5, 5.41) is -0.226. The third kappa shape index (κ3) is 2.07. The average Bonchev–Trinajstić information content (AvgIpc) is 2.33. The molecule has 0 heterocycles. The van der Waals surface area contributed by atoms with Gasteiger partial charge < -0.3 is 0 Å². The summed E-state index contributed by atoms with van der Waals surface area (Å²) in [6.45, 7) is 0. The quantitative estimate of drug-likeness (QED) is 0.407. The van der Waals surface area contributed by atoms with E-state index in [9.17, 15) is 9.59 Å². The fourth-order valence-electron chi connectivity index (χ4n) is 1.06. The predicted octanol–water partition coefficient (Wildman–Crippen LogP) is 0.253. The molecule has 0 saturated heterocycles. The van der Waals surface area contributed by atoms with Gasteiger partial charge in [-0.25, -0.2) is 9.98 Å². The van der Waals surface area contributed by atoms with Crippen LogP contribution in [0.2, 0.25) is 0 Å². The zero-order valence-corrected chi connectivity index (χ0v) is 8.22. The molecule has 0 bridgehead atoms. The molecule has 1 aliphatic rings. The van der Waals surface area contributed by atoms with Gasteiger partial charge in [0.1, 0.15) is 5.71 Å². The number of carbonyl (C=O) groups is 2. The largest absolute Gasteiger partial charge is 0.276 e. The monoisotopic (exact) mass is 214 g/mol. The van der Waals surface area contributed by atoms with Crippen LogP contribution in [0, 0.1) is 0 Å². The average molecular weight is 214 g/mol. The highest BCUT2D eigenvalue weighted by atomic mass is 32.1. The van der Waals surface area contributed by atoms with Gasteiger partial charge in [-0.15, -0.1) is 0 Å². The van der Waals surface area contributed by atoms with Crippen LogP contribution in [0.25, 0.3) is 0 Å². The Morgan fingerprint density at radius 3 is 2.54 bits per heavy atom. The topological polar surface area (TPSA) is 58.9 Å². The minimum absolute atomic E-state index is 0.226. The van der Waals surface area contributed by atoms with E-state index in [2.05, 4.69) is 22.6 Å². The van der Waals surface area contributed by atoms with Crippen LogP contribution < -0.4 is 0 Å². The first-order valence-electron chi connectivity index (χ1n) is 3.45. The van der Waals surface area contributed by atoms with E-state index in [0.717, 1.165) is 0 Å². The lowest BCUT2D eigenvalue weighted by atomic mass is 10.3. The summed E-state index contributed by atoms with van der Waals surface area (Å²) in [5.74, 6) is 0. The van der Waals surface area contributed by atoms with E-state index in [0.29, 0.717) is 35.5 Å². The highest BCUT2D eigenvalue weighted by Crippen LogP contribution is 2.17. The van der Waals surface area contributed by atoms with Crippen LogP contribution in [0.3, 0.4) is 0 Å². The molecule has 4 nitrogen and oxygen atoms in total. The Balaban J connectivity index is 3.10. The summed E-state index contributed by atoms with van der Waals surface area (Å²) in [7, 11) is 0. The van der Waals surface area contributed by atoms with Crippen molar-refractivity contribution >= 4 is 54.0 Å². The van der Waals surface area contributed by atoms with E-state index >= 15 is 0 Å². The number of thiol groups is 1. The van der Waals surface area contributed by atoms with Crippen molar-refractivity contribution in [2.45, 2.75) is 11.7 Å². The number of hydrogen-bond acceptors (Lipinski definition) is 4. The molecule has 68 valence electrons. The minimum atomic E-state index is -0.226. The summed E-state index contributed by atoms with van der Waals surface area (Å²) in [6, 6.07) is 0. The second-order valence-corrected chi connectivity index (χ2v) is 3.46. The Hall–Kier alpha value is -0.880. The number of hydrogen-bond donors (Lipinski definition) is 1. The lowest BCUT2D eigenvalue weighted by Gasteiger charge is -1.97. The Morgan fingerprint density at radius 2 is 2.00 bits per heavy atom. The van der Waals surface area contributed by atoms with Crippen LogP contribution in [0.5, 0.6) is 0 Å². The SMILES string of the molecule is O=CN=C1C(=S)CC(S)C1=NC=O. The Morgan fingerprint density at radius 1 is 1.38 bits per heavy atom. The van der Waals surface area contributed by atoms with Crippen LogP contribution in [-0.4, -0.2) is 34.4 Å². The molecule has 13 heavy (non-hydrogen) atoms. The lowest BCUT2D eigenvalue weighted by Crippen LogP contribution is -2.17. The van der Waals surface area contributed by atoms with Crippen LogP contribution in [-0.2, 0) is 9.59 Å². The van der Waals surface area contributed by atoms with E-state index < -0.39 is 0 Å². The van der Waals surface area contributed by atoms with Gasteiger partial charge in [0, 0.05) is 11.3 Å². The van der Waals surface area contributed by atoms with E-state index in [1.807, 2.05) is 0 Å². The van der Waals surface area contributed by atoms with Crippen LogP contribution >= 0.6 is 24.8 Å². The number of rotatable bonds is 2. The van der Waals surface area contributed by atoms with Gasteiger partial charge in [0.05, 0.1) is 11.0 Å². The molecule has 6 heteroatoms. The molecule has 1 saturated carbocycles. The molecule has 1 atom stereocenters. The second kappa shape index (κ2) is 4.38. The van der Waals surface area contributed by atoms with Gasteiger partial charge in [0.2, 0.25) is 12.8 Å². The molecule has 0 aliphatic heterocycles. The molecular weight excluding hydrogens is 208 g/mol. The summed E-state index contributed by atoms with van der Waals surface area (Å²) < 4.78 is 0. The predicted molar refractivity (Wildman–Crippen MR) is 57.0 cm³/mol. The first-order chi connectivity index (χ1) is 6.20. The number of carbonyl (C=O) groups excluding carboxylic acids is 2. The van der Waals surface area contributed by atoms with Crippen molar-refractivity contribution in [2.24, 2.45) is 9.98 Å². The molecule has 0 aromatic rings. The molecular formula is C7H6N2O2S2. The molecule has 1 fully saturated rings. The van der Waals surface area contributed by atoms with Crippen molar-refractivity contribution in [3.05, 3.63) is 0 Å². The minimum Gasteiger partial charge on any atom is -0.276 e. The zero-order valence-electron chi connectivity index (χ0n) is 6.51. The van der Waals surface area contributed by atoms with Gasteiger partial charge in [0.15, 0.2) is 0 Å². The molecule has 1 unspecified atom stereocenters. The Labute approximate surface area is 85.6 Å². The number of aliphatic imine (C=N–C) groups is 2. The number of amides is 2. The van der Waals surface area contributed by atoms with Crippen molar-refractivity contribution < 1.29 is 9.59 Å². The van der Waals surface area contributed by atoms with Gasteiger partial charge in [0.25, 0.3) is 0 Å². The van der Waals surface area contributed by atoms with E-state index in [-0.39, 0.29) is 5.25 Å². The van der Waals surface area contributed by atoms with Crippen molar-refractivity contribution in [1.82, 2.24) is 0 Å². The summed E-state index contributed by atoms with van der Waals surface area (Å²) in [4.78, 5) is 27.9. The van der Waals surface area contributed by atoms with Gasteiger partial charge >= 0.3 is 0 Å². The third-order valence-electron chi connectivity index (χ3n) is 1.57. The van der Waals surface area contributed by atoms with Crippen LogP contribution in [0.15, 0.2) is 9.98 Å². The molecule has 0 spiro atoms. The molecule has 1 rings (SSSR count). The smallest absolute Gasteiger partial charge is 0.233 e. The summed E-state index contributed by atoms with van der Waals surface area (Å²) >= 11 is 9.10. The van der Waals surface area contributed by atoms with Gasteiger partial charge in [-0.2, -0.15) is 12.6 Å². The van der Waals surface area contributed by atoms with Gasteiger partial charge in [-0.05, 0) is 0 Å². The van der Waals surface area contributed by atoms with Gasteiger partial charge in [-0.3, -0.25) is 9.59 Å². The molecule has 2 amide bonds. The number of thiocarbonyl (C=S) groups is 1. The first-order valence-corrected chi connectivity index (χ1v) is 4.37. The molecule has 0 N–H and O–H groups in total. The Bertz CT molecular complexity index is 322. The molecule has 0 aromatic heterocycles. The molecule has 0 aromatic carbocycles. The van der Waals surface area contributed by atoms with E-state index in [1.165, 1.54) is 0 Å². The van der Waals surface area contributed by atoms with Crippen LogP contribution in [0.1, 0.15) is 6.42 Å². The second-order valence-electron chi connectivity index (χ2n) is 2.35. The van der Waals surface area contributed by atoms with Crippen molar-refractivity contribution in [3.63, 3.8) is 0 Å². The standard InChI is InChI=1S/C7H6N2O2S2/c10-2-8-6-4(12)1-5(13)7(6)9-3-11/h2-4,12H,1H2. The van der Waals surface area contributed by atoms with Crippen LogP contribution in [0.4, 0.5) is 0 Å². The maximum Gasteiger partial charge on any atom is 0.233 e. The summed E-state index contributed by atoms with van der Waals surface area (Å²) in [5.41, 5.74) is 0.701. The summed E-state index contributed by atoms with van der Waals surface area (Å²) in [6.07, 6.45) is 1.28. The normalized spacial score (nSPS) is 28.4. The van der Waals surface area contributed by atoms with Crippen molar-refractivity contribution in [3.8, 4) is 0 Å². The maximum absolute atomic E-state index is 10.2. The molecule has 0 radical (unpaired) electrons. The highest BCUT2D eigenvalue weighted by molar-refractivity contribution is 7.84. The Kier molecular flexibility index (Phi) is 3.44. The highest BCUT2D eigenvalue weighted by Gasteiger charge is 2.30. The molecule has 1 aliphatic carbocycles. The fourth-order valence-corrected chi connectivity index (χ4v) is 1.88. The lowest BCUT2D eigenvalue weighted by molar-refractivity contribution is -0.107. The van der Waals surface area contributed by atoms with E-state index in [4.69, 9.17) is 12.2 Å². The fraction of sp³-hybridized carbons (Fsp3) is 0.286. The van der Waals surface area contributed by atoms with E-state index in [1.54, 1.807) is 0 Å². The maximum atomic E-state index is 10.2. The first kappa shape index (κ1) is 10.2. The van der Waals surface area contributed by atoms with Crippen molar-refractivity contribution in [1.29, 1.82) is 0 Å². The number of nitrogens with zero attached hydrogens (tertiary/aromatic N) is 2. The van der Waals surface area contributed by atoms with Gasteiger partial charge in [-0.1, -0.05) is 12.2 Å². The van der Waals surface area contributed by atoms with Crippen molar-refractivity contribution in [2.75, 3.05) is 0 Å². The third-order valence-corrected chi connectivity index (χ3v) is 2.36. The zero-order chi connectivity index (χ0) is 9.84.